The molecule has 0 unspecified atom stereocenters. The first-order valence-electron chi connectivity index (χ1n) is 5.06. The zero-order valence-electron chi connectivity index (χ0n) is 9.94. The quantitative estimate of drug-likeness (QED) is 0.443. The fraction of sp³-hybridized carbons (Fsp3) is 0.500. The average molecular weight is 260 g/mol. The number of halogens is 1. The maximum absolute atomic E-state index is 11.9. The van der Waals surface area contributed by atoms with Crippen LogP contribution in [0.4, 0.5) is 4.79 Å². The van der Waals surface area contributed by atoms with E-state index in [0.29, 0.717) is 6.54 Å². The number of hydrogen-bond acceptors (Lipinski definition) is 3. The molecule has 1 rings (SSSR count). The summed E-state index contributed by atoms with van der Waals surface area (Å²) < 4.78 is 0. The van der Waals surface area contributed by atoms with Gasteiger partial charge in [-0.3, -0.25) is 19.9 Å². The van der Waals surface area contributed by atoms with Crippen LogP contribution in [0.1, 0.15) is 13.8 Å². The molecule has 0 fully saturated rings. The van der Waals surface area contributed by atoms with Crippen molar-refractivity contribution in [3.8, 4) is 0 Å². The van der Waals surface area contributed by atoms with E-state index < -0.39 is 11.0 Å². The lowest BCUT2D eigenvalue weighted by molar-refractivity contribution is -0.424. The third-order valence-electron chi connectivity index (χ3n) is 2.36. The highest BCUT2D eigenvalue weighted by atomic mass is 35.5. The van der Waals surface area contributed by atoms with Crippen LogP contribution in [0.5, 0.6) is 0 Å². The van der Waals surface area contributed by atoms with Gasteiger partial charge in [-0.05, 0) is 5.92 Å². The van der Waals surface area contributed by atoms with Crippen molar-refractivity contribution in [2.24, 2.45) is 5.92 Å². The summed E-state index contributed by atoms with van der Waals surface area (Å²) in [7, 11) is 1.44. The van der Waals surface area contributed by atoms with Crippen molar-refractivity contribution in [1.82, 2.24) is 9.80 Å². The van der Waals surface area contributed by atoms with E-state index in [0.717, 1.165) is 4.90 Å². The first kappa shape index (κ1) is 13.5. The number of carbonyl (C=O) groups excluding carboxylic acids is 1. The second-order valence-electron chi connectivity index (χ2n) is 4.19. The Labute approximate surface area is 104 Å². The maximum atomic E-state index is 11.9. The van der Waals surface area contributed by atoms with Crippen LogP contribution in [0, 0.1) is 16.0 Å². The number of nitrogens with zero attached hydrogens (tertiary/aromatic N) is 3. The highest BCUT2D eigenvalue weighted by Crippen LogP contribution is 2.30. The van der Waals surface area contributed by atoms with Crippen molar-refractivity contribution in [3.05, 3.63) is 33.2 Å². The molecule has 0 saturated carbocycles. The summed E-state index contributed by atoms with van der Waals surface area (Å²) in [6, 6.07) is -0.403. The van der Waals surface area contributed by atoms with Crippen LogP contribution in [-0.4, -0.2) is 34.3 Å². The summed E-state index contributed by atoms with van der Waals surface area (Å²) in [6.45, 7) is 7.62. The molecule has 0 atom stereocenters. The third-order valence-corrected chi connectivity index (χ3v) is 2.74. The summed E-state index contributed by atoms with van der Waals surface area (Å²) in [5.74, 6) is 0.153. The Hall–Kier alpha value is -1.56. The Morgan fingerprint density at radius 2 is 2.06 bits per heavy atom. The molecule has 0 radical (unpaired) electrons. The molecule has 1 aliphatic heterocycles. The molecule has 0 aromatic heterocycles. The number of urea groups is 1. The highest BCUT2D eigenvalue weighted by molar-refractivity contribution is 6.31. The largest absolute Gasteiger partial charge is 0.329 e. The molecule has 1 heterocycles. The van der Waals surface area contributed by atoms with E-state index in [-0.39, 0.29) is 22.5 Å². The van der Waals surface area contributed by atoms with E-state index in [9.17, 15) is 14.9 Å². The van der Waals surface area contributed by atoms with Crippen LogP contribution >= 0.6 is 11.6 Å². The Balaban J connectivity index is 3.25. The predicted octanol–water partition coefficient (Wildman–Crippen LogP) is 2.21. The summed E-state index contributed by atoms with van der Waals surface area (Å²) in [5.41, 5.74) is -0.320. The highest BCUT2D eigenvalue weighted by Gasteiger charge is 2.39. The number of rotatable bonds is 3. The van der Waals surface area contributed by atoms with Gasteiger partial charge in [0.15, 0.2) is 5.16 Å². The van der Waals surface area contributed by atoms with Gasteiger partial charge in [0.1, 0.15) is 5.70 Å². The molecular weight excluding hydrogens is 246 g/mol. The molecule has 1 aliphatic rings. The fourth-order valence-corrected chi connectivity index (χ4v) is 1.81. The van der Waals surface area contributed by atoms with Gasteiger partial charge in [-0.1, -0.05) is 32.0 Å². The van der Waals surface area contributed by atoms with Crippen molar-refractivity contribution in [2.75, 3.05) is 13.6 Å². The van der Waals surface area contributed by atoms with Crippen LogP contribution in [0.3, 0.4) is 0 Å². The molecule has 2 amide bonds. The molecule has 0 aromatic carbocycles. The summed E-state index contributed by atoms with van der Waals surface area (Å²) in [4.78, 5) is 24.5. The van der Waals surface area contributed by atoms with Crippen LogP contribution in [0.2, 0.25) is 0 Å². The Morgan fingerprint density at radius 1 is 1.53 bits per heavy atom. The van der Waals surface area contributed by atoms with Gasteiger partial charge >= 0.3 is 11.7 Å². The van der Waals surface area contributed by atoms with Gasteiger partial charge in [0.25, 0.3) is 0 Å². The minimum absolute atomic E-state index is 0.00464. The molecule has 0 aromatic rings. The van der Waals surface area contributed by atoms with Crippen molar-refractivity contribution in [3.63, 3.8) is 0 Å². The molecule has 6 nitrogen and oxygen atoms in total. The van der Waals surface area contributed by atoms with Crippen LogP contribution in [-0.2, 0) is 0 Å². The van der Waals surface area contributed by atoms with Crippen molar-refractivity contribution in [1.29, 1.82) is 0 Å². The van der Waals surface area contributed by atoms with E-state index in [1.165, 1.54) is 11.9 Å². The normalized spacial score (nSPS) is 17.2. The minimum Gasteiger partial charge on any atom is -0.291 e. The second kappa shape index (κ2) is 4.75. The number of nitro groups is 1. The van der Waals surface area contributed by atoms with Crippen molar-refractivity contribution in [2.45, 2.75) is 13.8 Å². The van der Waals surface area contributed by atoms with Gasteiger partial charge in [0, 0.05) is 13.6 Å². The first-order chi connectivity index (χ1) is 7.77. The summed E-state index contributed by atoms with van der Waals surface area (Å²) in [5, 5.41) is 10.7. The van der Waals surface area contributed by atoms with E-state index in [2.05, 4.69) is 6.58 Å². The van der Waals surface area contributed by atoms with Gasteiger partial charge < -0.3 is 0 Å². The standard InChI is InChI=1S/C10H14ClN3O3/c1-6(2)5-13-9(11)8(14(16)17)7(3)12(4)10(13)15/h6H,3,5H2,1-2,4H3. The van der Waals surface area contributed by atoms with Gasteiger partial charge in [0.05, 0.1) is 4.92 Å². The molecule has 0 aliphatic carbocycles. The molecule has 94 valence electrons. The minimum atomic E-state index is -0.624. The lowest BCUT2D eigenvalue weighted by atomic mass is 10.2. The lowest BCUT2D eigenvalue weighted by Gasteiger charge is -2.33. The molecule has 0 N–H and O–H groups in total. The maximum Gasteiger partial charge on any atom is 0.329 e. The summed E-state index contributed by atoms with van der Waals surface area (Å²) in [6.07, 6.45) is 0. The van der Waals surface area contributed by atoms with E-state index in [4.69, 9.17) is 11.6 Å². The van der Waals surface area contributed by atoms with E-state index in [1.54, 1.807) is 0 Å². The van der Waals surface area contributed by atoms with Crippen molar-refractivity contribution >= 4 is 17.6 Å². The summed E-state index contributed by atoms with van der Waals surface area (Å²) >= 11 is 5.90. The van der Waals surface area contributed by atoms with Crippen molar-refractivity contribution < 1.29 is 9.72 Å². The zero-order chi connectivity index (χ0) is 13.3. The van der Waals surface area contributed by atoms with E-state index in [1.807, 2.05) is 13.8 Å². The Kier molecular flexibility index (Phi) is 3.77. The molecule has 0 spiro atoms. The molecule has 7 heteroatoms. The molecule has 17 heavy (non-hydrogen) atoms. The van der Waals surface area contributed by atoms with Gasteiger partial charge in [-0.2, -0.15) is 0 Å². The van der Waals surface area contributed by atoms with E-state index >= 15 is 0 Å². The number of hydrogen-bond donors (Lipinski definition) is 0. The number of carbonyl (C=O) groups is 1. The van der Waals surface area contributed by atoms with Gasteiger partial charge in [-0.25, -0.2) is 4.79 Å². The fourth-order valence-electron chi connectivity index (χ4n) is 1.49. The Morgan fingerprint density at radius 3 is 2.47 bits per heavy atom. The third kappa shape index (κ3) is 2.41. The smallest absolute Gasteiger partial charge is 0.291 e. The lowest BCUT2D eigenvalue weighted by Crippen LogP contribution is -2.46. The molecule has 0 saturated heterocycles. The second-order valence-corrected chi connectivity index (χ2v) is 4.55. The monoisotopic (exact) mass is 259 g/mol. The molecule has 0 bridgehead atoms. The first-order valence-corrected chi connectivity index (χ1v) is 5.43. The zero-order valence-corrected chi connectivity index (χ0v) is 10.7. The van der Waals surface area contributed by atoms with Crippen LogP contribution in [0.25, 0.3) is 0 Å². The average Bonchev–Trinajstić information content (AvgIpc) is 2.21. The van der Waals surface area contributed by atoms with Crippen LogP contribution < -0.4 is 0 Å². The predicted molar refractivity (Wildman–Crippen MR) is 63.7 cm³/mol. The Bertz CT molecular complexity index is 417. The number of likely N-dealkylation sites (N-methyl/N-ethyl adjacent to an activating group) is 1. The van der Waals surface area contributed by atoms with Gasteiger partial charge in [-0.15, -0.1) is 0 Å². The molecular formula is C10H14ClN3O3. The van der Waals surface area contributed by atoms with Gasteiger partial charge in [0.2, 0.25) is 0 Å². The SMILES string of the molecule is C=C1C([N+](=O)[O-])=C(Cl)N(CC(C)C)C(=O)N1C. The topological polar surface area (TPSA) is 66.7 Å². The van der Waals surface area contributed by atoms with Crippen LogP contribution in [0.15, 0.2) is 23.1 Å². The number of amides is 2.